The average Bonchev–Trinajstić information content (AvgIpc) is 2.81. The molecule has 1 aliphatic rings. The normalized spacial score (nSPS) is 18.3. The van der Waals surface area contributed by atoms with E-state index in [2.05, 4.69) is 44.1 Å². The molecule has 0 radical (unpaired) electrons. The summed E-state index contributed by atoms with van der Waals surface area (Å²) in [5.41, 5.74) is 1.18. The number of hydrogen-bond donors (Lipinski definition) is 1. The van der Waals surface area contributed by atoms with E-state index in [1.54, 1.807) is 0 Å². The third kappa shape index (κ3) is 3.42. The highest BCUT2D eigenvalue weighted by molar-refractivity contribution is 9.10. The lowest BCUT2D eigenvalue weighted by atomic mass is 10.3. The highest BCUT2D eigenvalue weighted by Crippen LogP contribution is 2.21. The molecule has 2 heterocycles. The first kappa shape index (κ1) is 12.8. The second-order valence-electron chi connectivity index (χ2n) is 4.82. The van der Waals surface area contributed by atoms with Crippen molar-refractivity contribution >= 4 is 21.7 Å². The number of rotatable bonds is 4. The van der Waals surface area contributed by atoms with Gasteiger partial charge in [-0.3, -0.25) is 4.90 Å². The molecule has 2 rings (SSSR count). The fraction of sp³-hybridized carbons (Fsp3) is 0.615. The van der Waals surface area contributed by atoms with E-state index in [9.17, 15) is 0 Å². The van der Waals surface area contributed by atoms with Crippen LogP contribution in [0.25, 0.3) is 0 Å². The largest absolute Gasteiger partial charge is 0.368 e. The molecular weight excluding hydrogens is 278 g/mol. The number of likely N-dealkylation sites (tertiary alicyclic amines) is 1. The molecule has 3 nitrogen and oxygen atoms in total. The van der Waals surface area contributed by atoms with Crippen LogP contribution in [0, 0.1) is 6.92 Å². The Hall–Kier alpha value is -0.610. The van der Waals surface area contributed by atoms with Crippen LogP contribution in [-0.2, 0) is 0 Å². The Morgan fingerprint density at radius 2 is 2.18 bits per heavy atom. The minimum Gasteiger partial charge on any atom is -0.368 e. The van der Waals surface area contributed by atoms with Crippen molar-refractivity contribution < 1.29 is 0 Å². The summed E-state index contributed by atoms with van der Waals surface area (Å²) in [5, 5.41) is 3.42. The lowest BCUT2D eigenvalue weighted by Crippen LogP contribution is -2.35. The van der Waals surface area contributed by atoms with Crippen molar-refractivity contribution in [2.75, 3.05) is 25.0 Å². The molecule has 1 aliphatic heterocycles. The van der Waals surface area contributed by atoms with Gasteiger partial charge in [-0.05, 0) is 67.3 Å². The van der Waals surface area contributed by atoms with Crippen molar-refractivity contribution in [3.63, 3.8) is 0 Å². The number of halogens is 1. The number of nitrogens with zero attached hydrogens (tertiary/aromatic N) is 2. The molecule has 0 aromatic carbocycles. The average molecular weight is 298 g/mol. The van der Waals surface area contributed by atoms with Gasteiger partial charge in [0, 0.05) is 18.8 Å². The summed E-state index contributed by atoms with van der Waals surface area (Å²) in [6.07, 6.45) is 4.58. The van der Waals surface area contributed by atoms with E-state index in [0.29, 0.717) is 6.04 Å². The molecular formula is C13H20BrN3. The van der Waals surface area contributed by atoms with Gasteiger partial charge < -0.3 is 5.32 Å². The second-order valence-corrected chi connectivity index (χ2v) is 5.67. The minimum atomic E-state index is 0.576. The highest BCUT2D eigenvalue weighted by Gasteiger charge is 2.17. The topological polar surface area (TPSA) is 28.2 Å². The number of pyridine rings is 1. The van der Waals surface area contributed by atoms with Gasteiger partial charge in [-0.25, -0.2) is 4.98 Å². The van der Waals surface area contributed by atoms with Gasteiger partial charge in [0.2, 0.25) is 0 Å². The van der Waals surface area contributed by atoms with Crippen LogP contribution in [0.1, 0.15) is 25.3 Å². The van der Waals surface area contributed by atoms with Crippen LogP contribution in [0.4, 0.5) is 5.82 Å². The number of anilines is 1. The van der Waals surface area contributed by atoms with Crippen LogP contribution in [0.2, 0.25) is 0 Å². The molecule has 17 heavy (non-hydrogen) atoms. The van der Waals surface area contributed by atoms with Gasteiger partial charge in [0.05, 0.1) is 4.47 Å². The third-order valence-corrected chi connectivity index (χ3v) is 3.91. The van der Waals surface area contributed by atoms with Gasteiger partial charge in [0.25, 0.3) is 0 Å². The standard InChI is InChI=1S/C13H20BrN3/c1-10-7-12(14)13(15-8-10)16-9-11(2)17-5-3-4-6-17/h7-8,11H,3-6,9H2,1-2H3,(H,15,16). The Morgan fingerprint density at radius 3 is 2.82 bits per heavy atom. The molecule has 1 saturated heterocycles. The number of hydrogen-bond acceptors (Lipinski definition) is 3. The molecule has 1 aromatic rings. The monoisotopic (exact) mass is 297 g/mol. The maximum Gasteiger partial charge on any atom is 0.140 e. The van der Waals surface area contributed by atoms with Crippen molar-refractivity contribution in [1.82, 2.24) is 9.88 Å². The Morgan fingerprint density at radius 1 is 1.47 bits per heavy atom. The van der Waals surface area contributed by atoms with E-state index in [1.165, 1.54) is 31.5 Å². The summed E-state index contributed by atoms with van der Waals surface area (Å²) >= 11 is 3.54. The first-order chi connectivity index (χ1) is 8.16. The first-order valence-corrected chi connectivity index (χ1v) is 7.06. The maximum atomic E-state index is 4.40. The predicted octanol–water partition coefficient (Wildman–Crippen LogP) is 3.05. The minimum absolute atomic E-state index is 0.576. The molecule has 0 amide bonds. The van der Waals surface area contributed by atoms with Crippen LogP contribution >= 0.6 is 15.9 Å². The summed E-state index contributed by atoms with van der Waals surface area (Å²) in [6, 6.07) is 2.67. The Bertz CT molecular complexity index is 375. The van der Waals surface area contributed by atoms with E-state index >= 15 is 0 Å². The van der Waals surface area contributed by atoms with Gasteiger partial charge in [0.1, 0.15) is 5.82 Å². The molecule has 0 spiro atoms. The second kappa shape index (κ2) is 5.83. The number of aromatic nitrogens is 1. The van der Waals surface area contributed by atoms with Crippen molar-refractivity contribution in [2.24, 2.45) is 0 Å². The SMILES string of the molecule is Cc1cnc(NCC(C)N2CCCC2)c(Br)c1. The van der Waals surface area contributed by atoms with Crippen LogP contribution in [0.3, 0.4) is 0 Å². The van der Waals surface area contributed by atoms with E-state index in [4.69, 9.17) is 0 Å². The van der Waals surface area contributed by atoms with Gasteiger partial charge in [-0.15, -0.1) is 0 Å². The van der Waals surface area contributed by atoms with Gasteiger partial charge >= 0.3 is 0 Å². The summed E-state index contributed by atoms with van der Waals surface area (Å²) < 4.78 is 1.05. The first-order valence-electron chi connectivity index (χ1n) is 6.27. The van der Waals surface area contributed by atoms with Crippen molar-refractivity contribution in [3.8, 4) is 0 Å². The third-order valence-electron chi connectivity index (χ3n) is 3.31. The molecule has 1 unspecified atom stereocenters. The zero-order chi connectivity index (χ0) is 12.3. The molecule has 1 fully saturated rings. The smallest absolute Gasteiger partial charge is 0.140 e. The number of nitrogens with one attached hydrogen (secondary N) is 1. The van der Waals surface area contributed by atoms with Crippen molar-refractivity contribution in [3.05, 3.63) is 22.3 Å². The quantitative estimate of drug-likeness (QED) is 0.926. The van der Waals surface area contributed by atoms with Crippen LogP contribution in [0.15, 0.2) is 16.7 Å². The summed E-state index contributed by atoms with van der Waals surface area (Å²) in [4.78, 5) is 6.94. The maximum absolute atomic E-state index is 4.40. The predicted molar refractivity (Wildman–Crippen MR) is 75.4 cm³/mol. The summed E-state index contributed by atoms with van der Waals surface area (Å²) in [7, 11) is 0. The van der Waals surface area contributed by atoms with Gasteiger partial charge in [0.15, 0.2) is 0 Å². The highest BCUT2D eigenvalue weighted by atomic mass is 79.9. The lowest BCUT2D eigenvalue weighted by Gasteiger charge is -2.24. The van der Waals surface area contributed by atoms with E-state index in [0.717, 1.165) is 16.8 Å². The fourth-order valence-corrected chi connectivity index (χ4v) is 2.82. The van der Waals surface area contributed by atoms with Crippen LogP contribution in [-0.4, -0.2) is 35.6 Å². The number of aryl methyl sites for hydroxylation is 1. The molecule has 4 heteroatoms. The Labute approximate surface area is 112 Å². The molecule has 0 aliphatic carbocycles. The van der Waals surface area contributed by atoms with Crippen LogP contribution < -0.4 is 5.32 Å². The van der Waals surface area contributed by atoms with Crippen molar-refractivity contribution in [2.45, 2.75) is 32.7 Å². The molecule has 1 atom stereocenters. The molecule has 94 valence electrons. The fourth-order valence-electron chi connectivity index (χ4n) is 2.22. The molecule has 0 bridgehead atoms. The van der Waals surface area contributed by atoms with Crippen molar-refractivity contribution in [1.29, 1.82) is 0 Å². The van der Waals surface area contributed by atoms with Gasteiger partial charge in [-0.1, -0.05) is 0 Å². The summed E-state index contributed by atoms with van der Waals surface area (Å²) in [6.45, 7) is 7.76. The van der Waals surface area contributed by atoms with Crippen LogP contribution in [0.5, 0.6) is 0 Å². The van der Waals surface area contributed by atoms with Gasteiger partial charge in [-0.2, -0.15) is 0 Å². The molecule has 0 saturated carbocycles. The Balaban J connectivity index is 1.88. The summed E-state index contributed by atoms with van der Waals surface area (Å²) in [5.74, 6) is 0.946. The molecule has 1 N–H and O–H groups in total. The lowest BCUT2D eigenvalue weighted by molar-refractivity contribution is 0.269. The molecule has 1 aromatic heterocycles. The van der Waals surface area contributed by atoms with E-state index in [-0.39, 0.29) is 0 Å². The van der Waals surface area contributed by atoms with E-state index in [1.807, 2.05) is 13.1 Å². The zero-order valence-corrected chi connectivity index (χ0v) is 12.1. The van der Waals surface area contributed by atoms with E-state index < -0.39 is 0 Å². The Kier molecular flexibility index (Phi) is 4.40. The zero-order valence-electron chi connectivity index (χ0n) is 10.5.